The van der Waals surface area contributed by atoms with Crippen LogP contribution in [0.15, 0.2) is 53.4 Å². The van der Waals surface area contributed by atoms with Crippen molar-refractivity contribution in [3.63, 3.8) is 0 Å². The number of nitrogens with one attached hydrogen (secondary N) is 1. The van der Waals surface area contributed by atoms with Gasteiger partial charge in [-0.15, -0.1) is 0 Å². The lowest BCUT2D eigenvalue weighted by Gasteiger charge is -2.36. The Balaban J connectivity index is 1.58. The molecule has 2 aromatic carbocycles. The number of ether oxygens (including phenoxy) is 2. The molecule has 3 rings (SSSR count). The van der Waals surface area contributed by atoms with Gasteiger partial charge >= 0.3 is 0 Å². The molecule has 1 amide bonds. The van der Waals surface area contributed by atoms with Crippen molar-refractivity contribution in [1.82, 2.24) is 14.5 Å². The molecule has 0 spiro atoms. The molecule has 2 aromatic rings. The van der Waals surface area contributed by atoms with Gasteiger partial charge in [-0.25, -0.2) is 8.42 Å². The number of nitrogens with zero attached hydrogens (tertiary/aromatic N) is 2. The number of sulfonamides is 1. The molecule has 1 N–H and O–H groups in total. The van der Waals surface area contributed by atoms with Gasteiger partial charge in [0.1, 0.15) is 0 Å². The summed E-state index contributed by atoms with van der Waals surface area (Å²) in [6.07, 6.45) is 0. The fraction of sp³-hybridized carbons (Fsp3) is 0.409. The van der Waals surface area contributed by atoms with Gasteiger partial charge in [-0.3, -0.25) is 9.69 Å². The largest absolute Gasteiger partial charge is 0.493 e. The first-order valence-electron chi connectivity index (χ1n) is 10.1. The Kier molecular flexibility index (Phi) is 7.53. The molecule has 1 aliphatic rings. The summed E-state index contributed by atoms with van der Waals surface area (Å²) in [7, 11) is -0.983. The molecule has 31 heavy (non-hydrogen) atoms. The summed E-state index contributed by atoms with van der Waals surface area (Å²) in [4.78, 5) is 16.8. The number of hydrogen-bond donors (Lipinski definition) is 1. The molecule has 0 aliphatic carbocycles. The molecule has 0 unspecified atom stereocenters. The highest BCUT2D eigenvalue weighted by atomic mass is 32.2. The van der Waals surface area contributed by atoms with E-state index in [2.05, 4.69) is 21.8 Å². The molecular weight excluding hydrogens is 418 g/mol. The molecule has 0 bridgehead atoms. The predicted molar refractivity (Wildman–Crippen MR) is 118 cm³/mol. The van der Waals surface area contributed by atoms with Crippen LogP contribution in [0.4, 0.5) is 0 Å². The summed E-state index contributed by atoms with van der Waals surface area (Å²) in [5.74, 6) is 0.501. The average Bonchev–Trinajstić information content (AvgIpc) is 2.79. The van der Waals surface area contributed by atoms with Crippen LogP contribution in [0.5, 0.6) is 11.5 Å². The van der Waals surface area contributed by atoms with Crippen LogP contribution >= 0.6 is 0 Å². The van der Waals surface area contributed by atoms with Crippen LogP contribution in [0.2, 0.25) is 0 Å². The maximum Gasteiger partial charge on any atom is 0.241 e. The van der Waals surface area contributed by atoms with E-state index in [1.54, 1.807) is 11.8 Å². The van der Waals surface area contributed by atoms with Gasteiger partial charge in [0.05, 0.1) is 25.2 Å². The zero-order valence-corrected chi connectivity index (χ0v) is 18.9. The monoisotopic (exact) mass is 447 g/mol. The molecule has 8 nitrogen and oxygen atoms in total. The quantitative estimate of drug-likeness (QED) is 0.663. The van der Waals surface area contributed by atoms with Crippen molar-refractivity contribution in [2.45, 2.75) is 24.4 Å². The zero-order valence-electron chi connectivity index (χ0n) is 18.1. The zero-order chi connectivity index (χ0) is 22.4. The van der Waals surface area contributed by atoms with E-state index in [0.29, 0.717) is 24.6 Å². The van der Waals surface area contributed by atoms with E-state index < -0.39 is 16.1 Å². The van der Waals surface area contributed by atoms with Crippen molar-refractivity contribution in [1.29, 1.82) is 0 Å². The number of benzene rings is 2. The summed E-state index contributed by atoms with van der Waals surface area (Å²) < 4.78 is 38.3. The Morgan fingerprint density at radius 2 is 1.65 bits per heavy atom. The Labute approximate surface area is 183 Å². The van der Waals surface area contributed by atoms with Crippen LogP contribution in [0.1, 0.15) is 12.5 Å². The molecule has 1 heterocycles. The standard InChI is InChI=1S/C22H29N3O5S/c1-17(23-31(27,28)19-9-10-20(29-2)21(15-19)30-3)22(26)25-13-11-24(12-14-25)16-18-7-5-4-6-8-18/h4-10,15,17,23H,11-14,16H2,1-3H3/t17-/m1/s1. The number of methoxy groups -OCH3 is 2. The molecule has 0 radical (unpaired) electrons. The van der Waals surface area contributed by atoms with E-state index in [9.17, 15) is 13.2 Å². The van der Waals surface area contributed by atoms with Crippen molar-refractivity contribution in [2.75, 3.05) is 40.4 Å². The van der Waals surface area contributed by atoms with E-state index in [1.165, 1.54) is 38.0 Å². The van der Waals surface area contributed by atoms with Gasteiger partial charge in [0.15, 0.2) is 11.5 Å². The minimum atomic E-state index is -3.90. The molecule has 0 aromatic heterocycles. The average molecular weight is 448 g/mol. The van der Waals surface area contributed by atoms with Gasteiger partial charge in [0, 0.05) is 38.8 Å². The summed E-state index contributed by atoms with van der Waals surface area (Å²) in [5, 5.41) is 0. The lowest BCUT2D eigenvalue weighted by atomic mass is 10.2. The van der Waals surface area contributed by atoms with Crippen LogP contribution in [0.25, 0.3) is 0 Å². The van der Waals surface area contributed by atoms with E-state index in [4.69, 9.17) is 9.47 Å². The fourth-order valence-corrected chi connectivity index (χ4v) is 4.79. The summed E-state index contributed by atoms with van der Waals surface area (Å²) >= 11 is 0. The normalized spacial score (nSPS) is 16.0. The first-order chi connectivity index (χ1) is 14.8. The van der Waals surface area contributed by atoms with Crippen molar-refractivity contribution >= 4 is 15.9 Å². The summed E-state index contributed by atoms with van der Waals surface area (Å²) in [5.41, 5.74) is 1.23. The molecule has 1 fully saturated rings. The van der Waals surface area contributed by atoms with Crippen molar-refractivity contribution in [2.24, 2.45) is 0 Å². The first-order valence-corrected chi connectivity index (χ1v) is 11.6. The molecule has 0 saturated carbocycles. The Hall–Kier alpha value is -2.62. The maximum atomic E-state index is 12.8. The molecular formula is C22H29N3O5S. The third-order valence-electron chi connectivity index (χ3n) is 5.30. The van der Waals surface area contributed by atoms with Crippen LogP contribution in [0, 0.1) is 0 Å². The SMILES string of the molecule is COc1ccc(S(=O)(=O)N[C@H](C)C(=O)N2CCN(Cc3ccccc3)CC2)cc1OC. The summed E-state index contributed by atoms with van der Waals surface area (Å²) in [6, 6.07) is 13.6. The van der Waals surface area contributed by atoms with Gasteiger partial charge in [-0.2, -0.15) is 4.72 Å². The van der Waals surface area contributed by atoms with Crippen molar-refractivity contribution in [3.05, 3.63) is 54.1 Å². The van der Waals surface area contributed by atoms with Gasteiger partial charge < -0.3 is 14.4 Å². The van der Waals surface area contributed by atoms with Gasteiger partial charge in [0.25, 0.3) is 0 Å². The molecule has 168 valence electrons. The van der Waals surface area contributed by atoms with Crippen LogP contribution in [-0.2, 0) is 21.4 Å². The Morgan fingerprint density at radius 1 is 1.00 bits per heavy atom. The van der Waals surface area contributed by atoms with Crippen molar-refractivity contribution in [3.8, 4) is 11.5 Å². The van der Waals surface area contributed by atoms with E-state index in [-0.39, 0.29) is 10.8 Å². The van der Waals surface area contributed by atoms with Gasteiger partial charge in [-0.1, -0.05) is 30.3 Å². The minimum absolute atomic E-state index is 0.0116. The molecule has 1 aliphatic heterocycles. The number of amides is 1. The smallest absolute Gasteiger partial charge is 0.241 e. The van der Waals surface area contributed by atoms with Crippen LogP contribution in [0.3, 0.4) is 0 Å². The number of carbonyl (C=O) groups excluding carboxylic acids is 1. The number of carbonyl (C=O) groups is 1. The van der Waals surface area contributed by atoms with E-state index in [0.717, 1.165) is 19.6 Å². The van der Waals surface area contributed by atoms with Gasteiger partial charge in [-0.05, 0) is 24.6 Å². The third kappa shape index (κ3) is 5.75. The topological polar surface area (TPSA) is 88.2 Å². The third-order valence-corrected chi connectivity index (χ3v) is 6.84. The fourth-order valence-electron chi connectivity index (χ4n) is 3.58. The molecule has 1 atom stereocenters. The van der Waals surface area contributed by atoms with E-state index >= 15 is 0 Å². The van der Waals surface area contributed by atoms with E-state index in [1.807, 2.05) is 18.2 Å². The highest BCUT2D eigenvalue weighted by molar-refractivity contribution is 7.89. The maximum absolute atomic E-state index is 12.8. The summed E-state index contributed by atoms with van der Waals surface area (Å²) in [6.45, 7) is 5.02. The van der Waals surface area contributed by atoms with Gasteiger partial charge in [0.2, 0.25) is 15.9 Å². The highest BCUT2D eigenvalue weighted by Gasteiger charge is 2.28. The lowest BCUT2D eigenvalue weighted by Crippen LogP contribution is -2.53. The van der Waals surface area contributed by atoms with Crippen LogP contribution in [-0.4, -0.2) is 70.6 Å². The Morgan fingerprint density at radius 3 is 2.26 bits per heavy atom. The molecule has 9 heteroatoms. The second-order valence-corrected chi connectivity index (χ2v) is 9.16. The number of rotatable bonds is 8. The number of piperazine rings is 1. The Bertz CT molecular complexity index is 989. The van der Waals surface area contributed by atoms with Crippen LogP contribution < -0.4 is 14.2 Å². The minimum Gasteiger partial charge on any atom is -0.493 e. The highest BCUT2D eigenvalue weighted by Crippen LogP contribution is 2.29. The first kappa shape index (κ1) is 23.1. The molecule has 1 saturated heterocycles. The second-order valence-electron chi connectivity index (χ2n) is 7.45. The van der Waals surface area contributed by atoms with Crippen molar-refractivity contribution < 1.29 is 22.7 Å². The lowest BCUT2D eigenvalue weighted by molar-refractivity contribution is -0.134. The predicted octanol–water partition coefficient (Wildman–Crippen LogP) is 1.71. The second kappa shape index (κ2) is 10.1. The number of hydrogen-bond acceptors (Lipinski definition) is 6.